The van der Waals surface area contributed by atoms with Gasteiger partial charge in [-0.25, -0.2) is 9.88 Å². The van der Waals surface area contributed by atoms with Crippen LogP contribution in [-0.2, 0) is 4.79 Å². The molecule has 34 heavy (non-hydrogen) atoms. The Bertz CT molecular complexity index is 1360. The summed E-state index contributed by atoms with van der Waals surface area (Å²) >= 11 is 1.38. The molecule has 1 atom stereocenters. The first-order valence-electron chi connectivity index (χ1n) is 10.9. The monoisotopic (exact) mass is 470 g/mol. The minimum absolute atomic E-state index is 0.166. The fraction of sp³-hybridized carbons (Fsp3) is 0.154. The standard InChI is InChI=1S/C26H22N4O3S/c1-3-34-26-27-24(32)23-21-14-7-8-15-22(21)29(17(2)31)25(30(23)28-26)18-10-9-13-20(16-18)33-19-11-5-4-6-12-19/h4-16,25H,3H2,1-2H3. The maximum atomic E-state index is 13.2. The van der Waals surface area contributed by atoms with Crippen molar-refractivity contribution in [1.29, 1.82) is 0 Å². The van der Waals surface area contributed by atoms with Gasteiger partial charge in [0.2, 0.25) is 5.91 Å². The van der Waals surface area contributed by atoms with Crippen molar-refractivity contribution in [3.05, 3.63) is 84.4 Å². The number of para-hydroxylation sites is 2. The quantitative estimate of drug-likeness (QED) is 0.319. The lowest BCUT2D eigenvalue weighted by atomic mass is 10.0. The Balaban J connectivity index is 1.70. The van der Waals surface area contributed by atoms with Crippen LogP contribution < -0.4 is 19.4 Å². The number of ether oxygens (including phenoxy) is 1. The molecule has 0 saturated carbocycles. The summed E-state index contributed by atoms with van der Waals surface area (Å²) in [4.78, 5) is 18.8. The Hall–Kier alpha value is -3.91. The van der Waals surface area contributed by atoms with Crippen molar-refractivity contribution in [2.24, 2.45) is 0 Å². The van der Waals surface area contributed by atoms with Crippen LogP contribution >= 0.6 is 11.8 Å². The third-order valence-corrected chi connectivity index (χ3v) is 6.18. The summed E-state index contributed by atoms with van der Waals surface area (Å²) in [5, 5.41) is 18.2. The summed E-state index contributed by atoms with van der Waals surface area (Å²) < 4.78 is 7.66. The van der Waals surface area contributed by atoms with Gasteiger partial charge in [-0.15, -0.1) is 0 Å². The van der Waals surface area contributed by atoms with E-state index in [9.17, 15) is 9.90 Å². The van der Waals surface area contributed by atoms with Crippen LogP contribution in [0.3, 0.4) is 0 Å². The lowest BCUT2D eigenvalue weighted by Crippen LogP contribution is -2.58. The molecular formula is C26H22N4O3S. The molecule has 0 radical (unpaired) electrons. The minimum Gasteiger partial charge on any atom is -0.854 e. The van der Waals surface area contributed by atoms with Gasteiger partial charge in [0.05, 0.1) is 17.1 Å². The largest absolute Gasteiger partial charge is 0.854 e. The van der Waals surface area contributed by atoms with E-state index in [1.54, 1.807) is 9.58 Å². The summed E-state index contributed by atoms with van der Waals surface area (Å²) in [5.74, 6) is 1.50. The number of aromatic nitrogens is 3. The zero-order valence-corrected chi connectivity index (χ0v) is 19.5. The Morgan fingerprint density at radius 2 is 1.79 bits per heavy atom. The zero-order valence-electron chi connectivity index (χ0n) is 18.7. The van der Waals surface area contributed by atoms with Gasteiger partial charge in [-0.1, -0.05) is 59.8 Å². The maximum Gasteiger partial charge on any atom is 0.293 e. The first-order chi connectivity index (χ1) is 16.6. The zero-order chi connectivity index (χ0) is 23.7. The fourth-order valence-corrected chi connectivity index (χ4v) is 4.68. The van der Waals surface area contributed by atoms with E-state index >= 15 is 0 Å². The lowest BCUT2D eigenvalue weighted by molar-refractivity contribution is -0.764. The lowest BCUT2D eigenvalue weighted by Gasteiger charge is -2.33. The molecular weight excluding hydrogens is 448 g/mol. The van der Waals surface area contributed by atoms with Gasteiger partial charge in [0, 0.05) is 17.6 Å². The van der Waals surface area contributed by atoms with E-state index in [1.165, 1.54) is 18.7 Å². The molecule has 1 unspecified atom stereocenters. The molecule has 0 spiro atoms. The van der Waals surface area contributed by atoms with E-state index in [0.717, 1.165) is 11.3 Å². The Kier molecular flexibility index (Phi) is 5.90. The smallest absolute Gasteiger partial charge is 0.293 e. The summed E-state index contributed by atoms with van der Waals surface area (Å²) in [5.41, 5.74) is 2.39. The van der Waals surface area contributed by atoms with E-state index in [1.807, 2.05) is 85.8 Å². The highest BCUT2D eigenvalue weighted by Gasteiger charge is 2.43. The van der Waals surface area contributed by atoms with Crippen molar-refractivity contribution in [2.75, 3.05) is 10.7 Å². The summed E-state index contributed by atoms with van der Waals surface area (Å²) in [6.07, 6.45) is -0.673. The molecule has 0 bridgehead atoms. The second kappa shape index (κ2) is 9.15. The molecule has 8 heteroatoms. The fourth-order valence-electron chi connectivity index (χ4n) is 4.13. The van der Waals surface area contributed by atoms with Crippen LogP contribution in [0.2, 0.25) is 0 Å². The van der Waals surface area contributed by atoms with Crippen LogP contribution in [0.5, 0.6) is 17.4 Å². The van der Waals surface area contributed by atoms with E-state index in [-0.39, 0.29) is 11.8 Å². The number of amides is 1. The molecule has 0 saturated heterocycles. The predicted octanol–water partition coefficient (Wildman–Crippen LogP) is 4.32. The highest BCUT2D eigenvalue weighted by Crippen LogP contribution is 2.41. The number of benzene rings is 3. The molecule has 4 aromatic rings. The Morgan fingerprint density at radius 3 is 2.56 bits per heavy atom. The molecule has 2 heterocycles. The van der Waals surface area contributed by atoms with Crippen molar-refractivity contribution in [2.45, 2.75) is 25.2 Å². The Labute approximate surface area is 201 Å². The number of thioether (sulfide) groups is 1. The second-order valence-electron chi connectivity index (χ2n) is 7.69. The van der Waals surface area contributed by atoms with Gasteiger partial charge >= 0.3 is 0 Å². The van der Waals surface area contributed by atoms with Gasteiger partial charge in [-0.3, -0.25) is 4.79 Å². The number of carbonyl (C=O) groups is 1. The van der Waals surface area contributed by atoms with Crippen molar-refractivity contribution in [1.82, 2.24) is 10.1 Å². The van der Waals surface area contributed by atoms with Crippen molar-refractivity contribution < 1.29 is 19.3 Å². The minimum atomic E-state index is -0.673. The van der Waals surface area contributed by atoms with Crippen molar-refractivity contribution in [3.8, 4) is 28.6 Å². The van der Waals surface area contributed by atoms with Crippen LogP contribution in [0.4, 0.5) is 5.69 Å². The highest BCUT2D eigenvalue weighted by atomic mass is 32.2. The second-order valence-corrected chi connectivity index (χ2v) is 8.92. The number of anilines is 1. The van der Waals surface area contributed by atoms with Gasteiger partial charge in [-0.2, -0.15) is 0 Å². The van der Waals surface area contributed by atoms with E-state index in [4.69, 9.17) is 9.84 Å². The SMILES string of the molecule is CCSc1nc([O-])c2[n+](n1)C(c1cccc(Oc3ccccc3)c1)N(C(C)=O)c1ccccc1-2. The van der Waals surface area contributed by atoms with Gasteiger partial charge in [-0.05, 0) is 48.2 Å². The number of nitrogens with zero attached hydrogens (tertiary/aromatic N) is 4. The van der Waals surface area contributed by atoms with Crippen LogP contribution in [0.25, 0.3) is 11.3 Å². The van der Waals surface area contributed by atoms with E-state index in [0.29, 0.717) is 33.6 Å². The number of fused-ring (bicyclic) bond motifs is 3. The number of hydrogen-bond donors (Lipinski definition) is 0. The Morgan fingerprint density at radius 1 is 1.06 bits per heavy atom. The number of rotatable bonds is 5. The molecule has 1 amide bonds. The predicted molar refractivity (Wildman–Crippen MR) is 128 cm³/mol. The van der Waals surface area contributed by atoms with E-state index < -0.39 is 6.17 Å². The highest BCUT2D eigenvalue weighted by molar-refractivity contribution is 7.99. The third-order valence-electron chi connectivity index (χ3n) is 5.46. The molecule has 170 valence electrons. The molecule has 0 aliphatic carbocycles. The third kappa shape index (κ3) is 3.97. The van der Waals surface area contributed by atoms with Crippen LogP contribution in [0.15, 0.2) is 84.0 Å². The van der Waals surface area contributed by atoms with Crippen LogP contribution in [0.1, 0.15) is 25.6 Å². The first kappa shape index (κ1) is 21.9. The molecule has 7 nitrogen and oxygen atoms in total. The molecule has 5 rings (SSSR count). The van der Waals surface area contributed by atoms with Crippen molar-refractivity contribution in [3.63, 3.8) is 0 Å². The topological polar surface area (TPSA) is 82.3 Å². The molecule has 0 fully saturated rings. The summed E-state index contributed by atoms with van der Waals surface area (Å²) in [7, 11) is 0. The summed E-state index contributed by atoms with van der Waals surface area (Å²) in [6.45, 7) is 3.49. The summed E-state index contributed by atoms with van der Waals surface area (Å²) in [6, 6.07) is 24.3. The van der Waals surface area contributed by atoms with Crippen molar-refractivity contribution >= 4 is 23.4 Å². The average Bonchev–Trinajstić information content (AvgIpc) is 2.84. The average molecular weight is 471 g/mol. The number of carbonyl (C=O) groups excluding carboxylic acids is 1. The molecule has 0 N–H and O–H groups in total. The van der Waals surface area contributed by atoms with Gasteiger partial charge in [0.25, 0.3) is 17.0 Å². The van der Waals surface area contributed by atoms with Gasteiger partial charge in [0.15, 0.2) is 0 Å². The van der Waals surface area contributed by atoms with Crippen LogP contribution in [0, 0.1) is 0 Å². The molecule has 1 aromatic heterocycles. The first-order valence-corrected chi connectivity index (χ1v) is 11.9. The molecule has 1 aliphatic heterocycles. The molecule has 3 aromatic carbocycles. The normalized spacial score (nSPS) is 14.3. The van der Waals surface area contributed by atoms with Gasteiger partial charge in [0.1, 0.15) is 11.5 Å². The maximum absolute atomic E-state index is 13.2. The van der Waals surface area contributed by atoms with Gasteiger partial charge < -0.3 is 9.84 Å². The van der Waals surface area contributed by atoms with E-state index in [2.05, 4.69) is 4.98 Å². The molecule has 1 aliphatic rings. The van der Waals surface area contributed by atoms with Crippen LogP contribution in [-0.4, -0.2) is 21.7 Å². The number of hydrogen-bond acceptors (Lipinski definition) is 6.